The Morgan fingerprint density at radius 1 is 1.09 bits per heavy atom. The Morgan fingerprint density at radius 2 is 1.81 bits per heavy atom. The first-order valence-corrected chi connectivity index (χ1v) is 19.8. The van der Waals surface area contributed by atoms with Crippen molar-refractivity contribution in [2.75, 3.05) is 20.2 Å². The van der Waals surface area contributed by atoms with E-state index in [9.17, 15) is 37.8 Å². The lowest BCUT2D eigenvalue weighted by molar-refractivity contribution is -0.200. The number of alkyl halides is 3. The van der Waals surface area contributed by atoms with Crippen LogP contribution in [0.5, 0.6) is 0 Å². The largest absolute Gasteiger partial charge is 0.395 e. The van der Waals surface area contributed by atoms with Crippen molar-refractivity contribution >= 4 is 33.9 Å². The van der Waals surface area contributed by atoms with Gasteiger partial charge in [0.05, 0.1) is 24.5 Å². The molecule has 2 aromatic rings. The molecule has 294 valence electrons. The highest BCUT2D eigenvalue weighted by molar-refractivity contribution is 5.99. The standard InChI is InChI=1S/C22H29F3O3.C21H27N3O2/c1-12(26)21(28)9-6-16-14-11-18(22(23,24)25)17-10-13(27)4-7-19(17,2)15(14)5-8-20(16,21)3;1-4-15(12-25)22-21(26)14-8-17-16-6-5-7-18-20(16)13(10-23(18)2)9-19(17)24(3)11-14/h10,14-16,18,28H,4-9,11H2,1-3H3;5-8,10,14-15,19,25H,4,9,11-12H2,1-3H3,(H,22,26)/t14-,15+,16+,18+,19-,20+,21+;14-,15+,19-/m11/s1. The lowest BCUT2D eigenvalue weighted by Crippen LogP contribution is -2.58. The third-order valence-corrected chi connectivity index (χ3v) is 15.1. The van der Waals surface area contributed by atoms with E-state index in [2.05, 4.69) is 59.4 Å². The molecular weight excluding hydrogens is 695 g/mol. The molecule has 54 heavy (non-hydrogen) atoms. The van der Waals surface area contributed by atoms with Crippen LogP contribution in [-0.4, -0.2) is 81.2 Å². The number of hydrogen-bond donors (Lipinski definition) is 3. The average Bonchev–Trinajstić information content (AvgIpc) is 3.60. The third kappa shape index (κ3) is 6.02. The van der Waals surface area contributed by atoms with Gasteiger partial charge in [-0.15, -0.1) is 0 Å². The molecule has 1 aromatic carbocycles. The Bertz CT molecular complexity index is 1910. The van der Waals surface area contributed by atoms with Crippen LogP contribution in [0, 0.1) is 40.4 Å². The number of nitrogens with zero attached hydrogens (tertiary/aromatic N) is 2. The van der Waals surface area contributed by atoms with E-state index in [1.165, 1.54) is 40.6 Å². The molecule has 0 spiro atoms. The van der Waals surface area contributed by atoms with E-state index in [1.807, 2.05) is 20.8 Å². The van der Waals surface area contributed by atoms with Crippen molar-refractivity contribution in [1.82, 2.24) is 14.8 Å². The first-order chi connectivity index (χ1) is 25.4. The molecule has 10 atom stereocenters. The Labute approximate surface area is 316 Å². The van der Waals surface area contributed by atoms with Crippen LogP contribution < -0.4 is 5.32 Å². The number of aliphatic hydroxyl groups excluding tert-OH is 1. The predicted octanol–water partition coefficient (Wildman–Crippen LogP) is 6.56. The van der Waals surface area contributed by atoms with Crippen LogP contribution in [0.4, 0.5) is 13.2 Å². The number of carbonyl (C=O) groups excluding carboxylic acids is 3. The molecule has 5 aliphatic carbocycles. The van der Waals surface area contributed by atoms with E-state index >= 15 is 0 Å². The van der Waals surface area contributed by atoms with Gasteiger partial charge >= 0.3 is 6.18 Å². The summed E-state index contributed by atoms with van der Waals surface area (Å²) in [6.45, 7) is 7.88. The highest BCUT2D eigenvalue weighted by Crippen LogP contribution is 2.69. The Kier molecular flexibility index (Phi) is 9.91. The Hall–Kier alpha value is -3.28. The van der Waals surface area contributed by atoms with Crippen LogP contribution in [0.3, 0.4) is 0 Å². The van der Waals surface area contributed by atoms with Crippen molar-refractivity contribution in [3.8, 4) is 0 Å². The molecule has 1 aliphatic heterocycles. The second-order valence-electron chi connectivity index (χ2n) is 17.8. The van der Waals surface area contributed by atoms with Gasteiger partial charge in [-0.1, -0.05) is 39.0 Å². The number of nitrogens with one attached hydrogen (secondary N) is 1. The summed E-state index contributed by atoms with van der Waals surface area (Å²) in [6, 6.07) is 6.60. The molecule has 1 aromatic heterocycles. The van der Waals surface area contributed by atoms with Crippen molar-refractivity contribution in [2.24, 2.45) is 47.5 Å². The van der Waals surface area contributed by atoms with Gasteiger partial charge in [-0.3, -0.25) is 19.3 Å². The van der Waals surface area contributed by atoms with Gasteiger partial charge in [0.25, 0.3) is 0 Å². The summed E-state index contributed by atoms with van der Waals surface area (Å²) in [5.74, 6) is -2.46. The van der Waals surface area contributed by atoms with Crippen LogP contribution >= 0.6 is 0 Å². The quantitative estimate of drug-likeness (QED) is 0.319. The molecular formula is C43H56F3N3O5. The number of allylic oxidation sites excluding steroid dienone is 1. The zero-order valence-electron chi connectivity index (χ0n) is 32.4. The fraction of sp³-hybridized carbons (Fsp3) is 0.651. The summed E-state index contributed by atoms with van der Waals surface area (Å²) in [5.41, 5.74) is 2.71. The van der Waals surface area contributed by atoms with Gasteiger partial charge in [0.1, 0.15) is 5.60 Å². The van der Waals surface area contributed by atoms with Gasteiger partial charge in [-0.05, 0) is 123 Å². The topological polar surface area (TPSA) is 112 Å². The number of carbonyl (C=O) groups is 3. The van der Waals surface area contributed by atoms with E-state index in [0.717, 1.165) is 12.8 Å². The van der Waals surface area contributed by atoms with E-state index in [4.69, 9.17) is 0 Å². The fourth-order valence-corrected chi connectivity index (χ4v) is 12.0. The summed E-state index contributed by atoms with van der Waals surface area (Å²) >= 11 is 0. The molecule has 6 aliphatic rings. The van der Waals surface area contributed by atoms with Crippen LogP contribution in [0.2, 0.25) is 0 Å². The number of ketones is 2. The van der Waals surface area contributed by atoms with Crippen molar-refractivity contribution < 1.29 is 37.8 Å². The highest BCUT2D eigenvalue weighted by atomic mass is 19.4. The molecule has 0 saturated heterocycles. The fourth-order valence-electron chi connectivity index (χ4n) is 12.0. The van der Waals surface area contributed by atoms with E-state index in [0.29, 0.717) is 51.1 Å². The molecule has 0 bridgehead atoms. The van der Waals surface area contributed by atoms with Crippen LogP contribution in [0.1, 0.15) is 90.2 Å². The smallest absolute Gasteiger partial charge is 0.394 e. The number of aliphatic hydroxyl groups is 2. The minimum atomic E-state index is -4.39. The van der Waals surface area contributed by atoms with Gasteiger partial charge in [-0.25, -0.2) is 0 Å². The van der Waals surface area contributed by atoms with Crippen LogP contribution in [-0.2, 0) is 27.9 Å². The van der Waals surface area contributed by atoms with E-state index in [1.54, 1.807) is 0 Å². The number of fused-ring (bicyclic) bond motifs is 7. The maximum Gasteiger partial charge on any atom is 0.395 e. The average molecular weight is 752 g/mol. The van der Waals surface area contributed by atoms with Crippen LogP contribution in [0.15, 0.2) is 42.1 Å². The monoisotopic (exact) mass is 751 g/mol. The molecule has 3 N–H and O–H groups in total. The molecule has 1 amide bonds. The van der Waals surface area contributed by atoms with Crippen molar-refractivity contribution in [3.63, 3.8) is 0 Å². The molecule has 3 saturated carbocycles. The third-order valence-electron chi connectivity index (χ3n) is 15.1. The zero-order valence-corrected chi connectivity index (χ0v) is 32.4. The number of Topliss-reactive ketones (excluding diaryl/α,β-unsaturated/α-hetero) is 1. The van der Waals surface area contributed by atoms with E-state index < -0.39 is 28.5 Å². The first kappa shape index (κ1) is 39.0. The SMILES string of the molecule is CC(=O)[C@@]1(O)CC[C@H]2[C@@H]3C[C@H](C(F)(F)F)C4=CC(=O)CC[C@]4(C)[C@H]3CC[C@@]21C.CC[C@@H](CO)NC(=O)[C@@H]1C=C2c3cccc4c3c(cn4C)C[C@H]2N(C)C1. The molecule has 3 fully saturated rings. The van der Waals surface area contributed by atoms with Crippen LogP contribution in [0.25, 0.3) is 16.5 Å². The Balaban J connectivity index is 0.000000167. The number of amides is 1. The van der Waals surface area contributed by atoms with Gasteiger partial charge in [0.15, 0.2) is 11.6 Å². The number of hydrogen-bond acceptors (Lipinski definition) is 6. The lowest BCUT2D eigenvalue weighted by Gasteiger charge is -2.60. The van der Waals surface area contributed by atoms with E-state index in [-0.39, 0.29) is 65.8 Å². The van der Waals surface area contributed by atoms with Gasteiger partial charge in [-0.2, -0.15) is 13.2 Å². The normalized spacial score (nSPS) is 36.4. The number of halogens is 3. The van der Waals surface area contributed by atoms with Crippen molar-refractivity contribution in [1.29, 1.82) is 0 Å². The molecule has 11 heteroatoms. The number of aryl methyl sites for hydroxylation is 1. The summed E-state index contributed by atoms with van der Waals surface area (Å²) in [7, 11) is 4.20. The Morgan fingerprint density at radius 3 is 2.48 bits per heavy atom. The number of benzene rings is 1. The molecule has 2 heterocycles. The molecule has 0 radical (unpaired) electrons. The van der Waals surface area contributed by atoms with Gasteiger partial charge in [0.2, 0.25) is 5.91 Å². The maximum absolute atomic E-state index is 14.0. The minimum absolute atomic E-state index is 0.00901. The molecule has 8 rings (SSSR count). The predicted molar refractivity (Wildman–Crippen MR) is 201 cm³/mol. The van der Waals surface area contributed by atoms with Gasteiger partial charge in [0, 0.05) is 48.6 Å². The first-order valence-electron chi connectivity index (χ1n) is 19.8. The summed E-state index contributed by atoms with van der Waals surface area (Å²) in [4.78, 5) is 39.3. The maximum atomic E-state index is 14.0. The van der Waals surface area contributed by atoms with Crippen molar-refractivity contribution in [2.45, 2.75) is 109 Å². The minimum Gasteiger partial charge on any atom is -0.394 e. The summed E-state index contributed by atoms with van der Waals surface area (Å²) < 4.78 is 44.3. The second-order valence-corrected chi connectivity index (χ2v) is 17.8. The number of aromatic nitrogens is 1. The second kappa shape index (κ2) is 13.7. The lowest BCUT2D eigenvalue weighted by atomic mass is 9.44. The number of rotatable bonds is 5. The summed E-state index contributed by atoms with van der Waals surface area (Å²) in [5, 5.41) is 24.8. The highest BCUT2D eigenvalue weighted by Gasteiger charge is 2.68. The van der Waals surface area contributed by atoms with Gasteiger partial charge < -0.3 is 20.1 Å². The molecule has 8 nitrogen and oxygen atoms in total. The van der Waals surface area contributed by atoms with Crippen molar-refractivity contribution in [3.05, 3.63) is 53.2 Å². The molecule has 0 unspecified atom stereocenters. The summed E-state index contributed by atoms with van der Waals surface area (Å²) in [6.07, 6.45) is 6.01. The zero-order chi connectivity index (χ0) is 39.1. The number of likely N-dealkylation sites (N-methyl/N-ethyl adjacent to an activating group) is 1.